The number of hydrogen-bond acceptors (Lipinski definition) is 2. The molecule has 0 bridgehead atoms. The molecule has 1 atom stereocenters. The van der Waals surface area contributed by atoms with Gasteiger partial charge in [-0.3, -0.25) is 4.79 Å². The van der Waals surface area contributed by atoms with Crippen LogP contribution >= 0.6 is 11.6 Å². The van der Waals surface area contributed by atoms with E-state index in [1.807, 2.05) is 0 Å². The van der Waals surface area contributed by atoms with Gasteiger partial charge in [-0.2, -0.15) is 0 Å². The zero-order valence-electron chi connectivity index (χ0n) is 10.5. The number of rotatable bonds is 3. The highest BCUT2D eigenvalue weighted by Gasteiger charge is 2.35. The van der Waals surface area contributed by atoms with E-state index in [2.05, 4.69) is 5.32 Å². The summed E-state index contributed by atoms with van der Waals surface area (Å²) in [4.78, 5) is 13.9. The molecule has 5 heteroatoms. The molecule has 1 aromatic rings. The van der Waals surface area contributed by atoms with E-state index in [1.54, 1.807) is 12.1 Å². The Labute approximate surface area is 116 Å². The lowest BCUT2D eigenvalue weighted by molar-refractivity contribution is -0.121. The van der Waals surface area contributed by atoms with Crippen LogP contribution in [0.3, 0.4) is 0 Å². The first-order valence-electron chi connectivity index (χ1n) is 6.68. The van der Waals surface area contributed by atoms with E-state index in [4.69, 9.17) is 11.6 Å². The number of hydrogen-bond donors (Lipinski definition) is 1. The topological polar surface area (TPSA) is 32.3 Å². The molecule has 1 unspecified atom stereocenters. The molecular formula is C14H16ClFN2O. The van der Waals surface area contributed by atoms with Crippen LogP contribution in [0.2, 0.25) is 5.02 Å². The number of halogens is 2. The molecule has 0 radical (unpaired) electrons. The first-order valence-corrected chi connectivity index (χ1v) is 7.06. The highest BCUT2D eigenvalue weighted by atomic mass is 35.5. The molecular weight excluding hydrogens is 267 g/mol. The van der Waals surface area contributed by atoms with Crippen LogP contribution in [-0.2, 0) is 4.79 Å². The minimum Gasteiger partial charge on any atom is -0.307 e. The number of carbonyl (C=O) groups excluding carboxylic acids is 1. The Morgan fingerprint density at radius 2 is 2.11 bits per heavy atom. The van der Waals surface area contributed by atoms with Crippen LogP contribution in [0.5, 0.6) is 0 Å². The molecule has 3 nitrogen and oxygen atoms in total. The Balaban J connectivity index is 1.84. The second-order valence-electron chi connectivity index (χ2n) is 5.20. The highest BCUT2D eigenvalue weighted by Crippen LogP contribution is 2.32. The van der Waals surface area contributed by atoms with Gasteiger partial charge in [-0.05, 0) is 37.8 Å². The van der Waals surface area contributed by atoms with Crippen molar-refractivity contribution in [3.63, 3.8) is 0 Å². The molecule has 102 valence electrons. The third kappa shape index (κ3) is 2.60. The molecule has 1 aliphatic heterocycles. The third-order valence-electron chi connectivity index (χ3n) is 3.66. The van der Waals surface area contributed by atoms with Crippen molar-refractivity contribution in [2.24, 2.45) is 0 Å². The van der Waals surface area contributed by atoms with E-state index in [9.17, 15) is 9.18 Å². The lowest BCUT2D eigenvalue weighted by Crippen LogP contribution is -2.51. The molecule has 2 aliphatic rings. The summed E-state index contributed by atoms with van der Waals surface area (Å²) in [6.45, 7) is 0.530. The predicted molar refractivity (Wildman–Crippen MR) is 72.9 cm³/mol. The van der Waals surface area contributed by atoms with Gasteiger partial charge in [0.15, 0.2) is 0 Å². The average Bonchev–Trinajstić information content (AvgIpc) is 3.17. The number of nitrogens with zero attached hydrogens (tertiary/aromatic N) is 1. The standard InChI is InChI=1S/C14H16ClFN2O/c15-10-3-1-4-11(16)13(10)18-8-2-5-12(14(18)19)17-9-6-7-9/h1,3-4,9,12,17H,2,5-8H2. The fourth-order valence-electron chi connectivity index (χ4n) is 2.53. The van der Waals surface area contributed by atoms with E-state index < -0.39 is 5.82 Å². The summed E-state index contributed by atoms with van der Waals surface area (Å²) in [5.74, 6) is -0.502. The molecule has 1 saturated carbocycles. The van der Waals surface area contributed by atoms with Gasteiger partial charge in [0, 0.05) is 12.6 Å². The van der Waals surface area contributed by atoms with Crippen LogP contribution in [0.1, 0.15) is 25.7 Å². The summed E-state index contributed by atoms with van der Waals surface area (Å²) in [5.41, 5.74) is 0.219. The van der Waals surface area contributed by atoms with Crippen molar-refractivity contribution in [1.29, 1.82) is 0 Å². The quantitative estimate of drug-likeness (QED) is 0.924. The zero-order valence-corrected chi connectivity index (χ0v) is 11.3. The predicted octanol–water partition coefficient (Wildman–Crippen LogP) is 2.73. The van der Waals surface area contributed by atoms with Gasteiger partial charge >= 0.3 is 0 Å². The Hall–Kier alpha value is -1.13. The maximum atomic E-state index is 13.9. The van der Waals surface area contributed by atoms with Crippen LogP contribution in [0.4, 0.5) is 10.1 Å². The minimum atomic E-state index is -0.437. The molecule has 2 fully saturated rings. The second-order valence-corrected chi connectivity index (χ2v) is 5.60. The highest BCUT2D eigenvalue weighted by molar-refractivity contribution is 6.33. The molecule has 0 aromatic heterocycles. The van der Waals surface area contributed by atoms with Crippen LogP contribution in [-0.4, -0.2) is 24.5 Å². The van der Waals surface area contributed by atoms with E-state index in [1.165, 1.54) is 11.0 Å². The fourth-order valence-corrected chi connectivity index (χ4v) is 2.80. The van der Waals surface area contributed by atoms with Gasteiger partial charge in [0.25, 0.3) is 0 Å². The van der Waals surface area contributed by atoms with E-state index in [-0.39, 0.29) is 17.6 Å². The number of piperidine rings is 1. The Morgan fingerprint density at radius 3 is 2.79 bits per heavy atom. The van der Waals surface area contributed by atoms with Gasteiger partial charge in [0.1, 0.15) is 5.82 Å². The Kier molecular flexibility index (Phi) is 3.46. The average molecular weight is 283 g/mol. The van der Waals surface area contributed by atoms with Crippen LogP contribution in [0.15, 0.2) is 18.2 Å². The third-order valence-corrected chi connectivity index (χ3v) is 3.97. The minimum absolute atomic E-state index is 0.0647. The molecule has 1 saturated heterocycles. The van der Waals surface area contributed by atoms with Crippen molar-refractivity contribution in [2.45, 2.75) is 37.8 Å². The number of para-hydroxylation sites is 1. The van der Waals surface area contributed by atoms with E-state index >= 15 is 0 Å². The van der Waals surface area contributed by atoms with Gasteiger partial charge in [-0.25, -0.2) is 4.39 Å². The van der Waals surface area contributed by atoms with Gasteiger partial charge < -0.3 is 10.2 Å². The number of benzene rings is 1. The largest absolute Gasteiger partial charge is 0.307 e. The van der Waals surface area contributed by atoms with Crippen LogP contribution in [0.25, 0.3) is 0 Å². The fraction of sp³-hybridized carbons (Fsp3) is 0.500. The molecule has 1 aliphatic carbocycles. The SMILES string of the molecule is O=C1C(NC2CC2)CCCN1c1c(F)cccc1Cl. The summed E-state index contributed by atoms with van der Waals surface area (Å²) in [5, 5.41) is 3.62. The molecule has 1 heterocycles. The molecule has 1 amide bonds. The maximum absolute atomic E-state index is 13.9. The van der Waals surface area contributed by atoms with Crippen molar-refractivity contribution in [1.82, 2.24) is 5.32 Å². The van der Waals surface area contributed by atoms with Crippen molar-refractivity contribution < 1.29 is 9.18 Å². The summed E-state index contributed by atoms with van der Waals surface area (Å²) < 4.78 is 13.9. The van der Waals surface area contributed by atoms with Crippen LogP contribution < -0.4 is 10.2 Å². The number of anilines is 1. The molecule has 19 heavy (non-hydrogen) atoms. The van der Waals surface area contributed by atoms with Gasteiger partial charge in [-0.1, -0.05) is 17.7 Å². The first kappa shape index (κ1) is 12.9. The summed E-state index contributed by atoms with van der Waals surface area (Å²) in [6.07, 6.45) is 3.94. The van der Waals surface area contributed by atoms with Crippen molar-refractivity contribution in [3.05, 3.63) is 29.0 Å². The number of nitrogens with one attached hydrogen (secondary N) is 1. The smallest absolute Gasteiger partial charge is 0.244 e. The zero-order chi connectivity index (χ0) is 13.4. The Bertz CT molecular complexity index is 484. The summed E-state index contributed by atoms with van der Waals surface area (Å²) in [7, 11) is 0. The lowest BCUT2D eigenvalue weighted by atomic mass is 10.0. The first-order chi connectivity index (χ1) is 9.16. The maximum Gasteiger partial charge on any atom is 0.244 e. The molecule has 1 N–H and O–H groups in total. The number of carbonyl (C=O) groups is 1. The lowest BCUT2D eigenvalue weighted by Gasteiger charge is -2.33. The van der Waals surface area contributed by atoms with Crippen molar-refractivity contribution >= 4 is 23.2 Å². The summed E-state index contributed by atoms with van der Waals surface area (Å²) >= 11 is 6.04. The van der Waals surface area contributed by atoms with Gasteiger partial charge in [0.2, 0.25) is 5.91 Å². The van der Waals surface area contributed by atoms with Gasteiger partial charge in [0.05, 0.1) is 16.8 Å². The van der Waals surface area contributed by atoms with E-state index in [0.29, 0.717) is 17.6 Å². The second kappa shape index (κ2) is 5.10. The van der Waals surface area contributed by atoms with Crippen molar-refractivity contribution in [2.75, 3.05) is 11.4 Å². The summed E-state index contributed by atoms with van der Waals surface area (Å²) in [6, 6.07) is 4.77. The molecule has 0 spiro atoms. The number of amides is 1. The Morgan fingerprint density at radius 1 is 1.32 bits per heavy atom. The normalized spacial score (nSPS) is 23.8. The van der Waals surface area contributed by atoms with Crippen LogP contribution in [0, 0.1) is 5.82 Å². The van der Waals surface area contributed by atoms with E-state index in [0.717, 1.165) is 25.7 Å². The van der Waals surface area contributed by atoms with Gasteiger partial charge in [-0.15, -0.1) is 0 Å². The molecule has 1 aromatic carbocycles. The monoisotopic (exact) mass is 282 g/mol. The molecule has 3 rings (SSSR count). The van der Waals surface area contributed by atoms with Crippen molar-refractivity contribution in [3.8, 4) is 0 Å².